The molecule has 0 aliphatic rings. The zero-order valence-corrected chi connectivity index (χ0v) is 11.3. The number of nitrogens with two attached hydrogens (primary N) is 2. The van der Waals surface area contributed by atoms with Gasteiger partial charge in [-0.15, -0.1) is 0 Å². The lowest BCUT2D eigenvalue weighted by Crippen LogP contribution is -2.36. The second-order valence-corrected chi connectivity index (χ2v) is 4.31. The molecule has 0 saturated heterocycles. The summed E-state index contributed by atoms with van der Waals surface area (Å²) in [4.78, 5) is 24.5. The van der Waals surface area contributed by atoms with Gasteiger partial charge in [0.2, 0.25) is 5.91 Å². The molecule has 1 aromatic rings. The highest BCUT2D eigenvalue weighted by Crippen LogP contribution is 2.25. The SMILES string of the molecule is CCCNC(=O)CN(C)c1cccc(C(N)=O)c1N. The van der Waals surface area contributed by atoms with E-state index in [1.54, 1.807) is 30.1 Å². The van der Waals surface area contributed by atoms with Gasteiger partial charge in [0.25, 0.3) is 5.91 Å². The minimum Gasteiger partial charge on any atom is -0.396 e. The smallest absolute Gasteiger partial charge is 0.250 e. The minimum absolute atomic E-state index is 0.0896. The van der Waals surface area contributed by atoms with E-state index in [9.17, 15) is 9.59 Å². The molecule has 6 nitrogen and oxygen atoms in total. The largest absolute Gasteiger partial charge is 0.396 e. The summed E-state index contributed by atoms with van der Waals surface area (Å²) in [5, 5.41) is 2.78. The number of para-hydroxylation sites is 1. The van der Waals surface area contributed by atoms with Crippen LogP contribution in [-0.2, 0) is 4.79 Å². The van der Waals surface area contributed by atoms with Gasteiger partial charge in [0.1, 0.15) is 0 Å². The van der Waals surface area contributed by atoms with Gasteiger partial charge in [-0.1, -0.05) is 13.0 Å². The quantitative estimate of drug-likeness (QED) is 0.644. The number of carbonyl (C=O) groups excluding carboxylic acids is 2. The molecule has 19 heavy (non-hydrogen) atoms. The van der Waals surface area contributed by atoms with E-state index in [0.717, 1.165) is 6.42 Å². The molecule has 0 aliphatic heterocycles. The fourth-order valence-electron chi connectivity index (χ4n) is 1.72. The first-order valence-electron chi connectivity index (χ1n) is 6.13. The van der Waals surface area contributed by atoms with Crippen LogP contribution in [0, 0.1) is 0 Å². The van der Waals surface area contributed by atoms with Gasteiger partial charge in [-0.05, 0) is 18.6 Å². The molecule has 0 atom stereocenters. The fourth-order valence-corrected chi connectivity index (χ4v) is 1.72. The van der Waals surface area contributed by atoms with Crippen molar-refractivity contribution in [1.82, 2.24) is 5.32 Å². The van der Waals surface area contributed by atoms with E-state index >= 15 is 0 Å². The number of nitrogen functional groups attached to an aromatic ring is 1. The number of nitrogens with zero attached hydrogens (tertiary/aromatic N) is 1. The van der Waals surface area contributed by atoms with Crippen LogP contribution >= 0.6 is 0 Å². The van der Waals surface area contributed by atoms with Crippen LogP contribution in [0.25, 0.3) is 0 Å². The summed E-state index contributed by atoms with van der Waals surface area (Å²) < 4.78 is 0. The fraction of sp³-hybridized carbons (Fsp3) is 0.385. The summed E-state index contributed by atoms with van der Waals surface area (Å²) >= 11 is 0. The van der Waals surface area contributed by atoms with Crippen molar-refractivity contribution in [2.24, 2.45) is 5.73 Å². The number of likely N-dealkylation sites (N-methyl/N-ethyl adjacent to an activating group) is 1. The lowest BCUT2D eigenvalue weighted by atomic mass is 10.1. The molecule has 1 aromatic carbocycles. The lowest BCUT2D eigenvalue weighted by Gasteiger charge is -2.21. The van der Waals surface area contributed by atoms with Gasteiger partial charge in [0, 0.05) is 13.6 Å². The maximum atomic E-state index is 11.6. The van der Waals surface area contributed by atoms with E-state index in [1.165, 1.54) is 0 Å². The number of hydrogen-bond acceptors (Lipinski definition) is 4. The molecular weight excluding hydrogens is 244 g/mol. The Morgan fingerprint density at radius 3 is 2.63 bits per heavy atom. The molecule has 6 heteroatoms. The van der Waals surface area contributed by atoms with Crippen molar-refractivity contribution in [3.63, 3.8) is 0 Å². The summed E-state index contributed by atoms with van der Waals surface area (Å²) in [6.45, 7) is 2.80. The van der Waals surface area contributed by atoms with Gasteiger partial charge in [-0.3, -0.25) is 9.59 Å². The van der Waals surface area contributed by atoms with Crippen LogP contribution in [0.15, 0.2) is 18.2 Å². The first kappa shape index (κ1) is 14.8. The Kier molecular flexibility index (Phi) is 5.17. The van der Waals surface area contributed by atoms with Gasteiger partial charge in [-0.25, -0.2) is 0 Å². The van der Waals surface area contributed by atoms with Gasteiger partial charge in [-0.2, -0.15) is 0 Å². The summed E-state index contributed by atoms with van der Waals surface area (Å²) in [6, 6.07) is 4.99. The number of hydrogen-bond donors (Lipinski definition) is 3. The number of amides is 2. The van der Waals surface area contributed by atoms with E-state index in [-0.39, 0.29) is 18.0 Å². The average Bonchev–Trinajstić information content (AvgIpc) is 2.36. The van der Waals surface area contributed by atoms with Crippen LogP contribution in [0.5, 0.6) is 0 Å². The Morgan fingerprint density at radius 2 is 2.05 bits per heavy atom. The maximum absolute atomic E-state index is 11.6. The zero-order valence-electron chi connectivity index (χ0n) is 11.3. The van der Waals surface area contributed by atoms with E-state index in [0.29, 0.717) is 17.9 Å². The molecule has 0 aliphatic carbocycles. The van der Waals surface area contributed by atoms with E-state index in [4.69, 9.17) is 11.5 Å². The predicted octanol–water partition coefficient (Wildman–Crippen LogP) is 0.330. The molecule has 0 heterocycles. The first-order valence-corrected chi connectivity index (χ1v) is 6.13. The molecule has 0 saturated carbocycles. The van der Waals surface area contributed by atoms with Crippen LogP contribution in [0.2, 0.25) is 0 Å². The summed E-state index contributed by atoms with van der Waals surface area (Å²) in [5.74, 6) is -0.670. The van der Waals surface area contributed by atoms with E-state index < -0.39 is 5.91 Å². The van der Waals surface area contributed by atoms with Crippen molar-refractivity contribution in [3.05, 3.63) is 23.8 Å². The number of carbonyl (C=O) groups is 2. The van der Waals surface area contributed by atoms with Crippen LogP contribution < -0.4 is 21.7 Å². The van der Waals surface area contributed by atoms with Crippen molar-refractivity contribution in [3.8, 4) is 0 Å². The number of primary amides is 1. The number of benzene rings is 1. The van der Waals surface area contributed by atoms with Crippen LogP contribution in [-0.4, -0.2) is 32.0 Å². The third kappa shape index (κ3) is 3.87. The van der Waals surface area contributed by atoms with Gasteiger partial charge in [0.15, 0.2) is 0 Å². The Morgan fingerprint density at radius 1 is 1.37 bits per heavy atom. The second-order valence-electron chi connectivity index (χ2n) is 4.31. The highest BCUT2D eigenvalue weighted by atomic mass is 16.2. The molecular formula is C13H20N4O2. The molecule has 1 rings (SSSR count). The Labute approximate surface area is 112 Å². The number of nitrogens with one attached hydrogen (secondary N) is 1. The summed E-state index contributed by atoms with van der Waals surface area (Å²) in [5.41, 5.74) is 12.3. The van der Waals surface area contributed by atoms with Crippen molar-refractivity contribution in [2.45, 2.75) is 13.3 Å². The summed E-state index contributed by atoms with van der Waals surface area (Å²) in [6.07, 6.45) is 0.884. The molecule has 0 fully saturated rings. The molecule has 2 amide bonds. The second kappa shape index (κ2) is 6.63. The third-order valence-corrected chi connectivity index (χ3v) is 2.71. The number of anilines is 2. The number of rotatable bonds is 6. The Hall–Kier alpha value is -2.24. The highest BCUT2D eigenvalue weighted by molar-refractivity contribution is 6.01. The maximum Gasteiger partial charge on any atom is 0.250 e. The van der Waals surface area contributed by atoms with Gasteiger partial charge >= 0.3 is 0 Å². The van der Waals surface area contributed by atoms with Crippen molar-refractivity contribution < 1.29 is 9.59 Å². The van der Waals surface area contributed by atoms with E-state index in [1.807, 2.05) is 6.92 Å². The molecule has 104 valence electrons. The molecule has 0 aromatic heterocycles. The standard InChI is InChI=1S/C13H20N4O2/c1-3-7-16-11(18)8-17(2)10-6-4-5-9(12(10)14)13(15)19/h4-6H,3,7-8,14H2,1-2H3,(H2,15,19)(H,16,18). The monoisotopic (exact) mass is 264 g/mol. The van der Waals surface area contributed by atoms with Crippen LogP contribution in [0.3, 0.4) is 0 Å². The molecule has 0 radical (unpaired) electrons. The van der Waals surface area contributed by atoms with Gasteiger partial charge < -0.3 is 21.7 Å². The minimum atomic E-state index is -0.580. The highest BCUT2D eigenvalue weighted by Gasteiger charge is 2.14. The van der Waals surface area contributed by atoms with Crippen molar-refractivity contribution >= 4 is 23.2 Å². The van der Waals surface area contributed by atoms with E-state index in [2.05, 4.69) is 5.32 Å². The van der Waals surface area contributed by atoms with Gasteiger partial charge in [0.05, 0.1) is 23.5 Å². The van der Waals surface area contributed by atoms with Crippen molar-refractivity contribution in [2.75, 3.05) is 30.8 Å². The average molecular weight is 264 g/mol. The normalized spacial score (nSPS) is 10.0. The van der Waals surface area contributed by atoms with Crippen LogP contribution in [0.1, 0.15) is 23.7 Å². The third-order valence-electron chi connectivity index (χ3n) is 2.71. The van der Waals surface area contributed by atoms with Crippen molar-refractivity contribution in [1.29, 1.82) is 0 Å². The van der Waals surface area contributed by atoms with Crippen LogP contribution in [0.4, 0.5) is 11.4 Å². The molecule has 5 N–H and O–H groups in total. The molecule has 0 bridgehead atoms. The topological polar surface area (TPSA) is 101 Å². The predicted molar refractivity (Wildman–Crippen MR) is 75.9 cm³/mol. The Balaban J connectivity index is 2.82. The zero-order chi connectivity index (χ0) is 14.4. The molecule has 0 unspecified atom stereocenters. The summed E-state index contributed by atoms with van der Waals surface area (Å²) in [7, 11) is 1.74. The Bertz CT molecular complexity index is 474. The first-order chi connectivity index (χ1) is 8.97. The lowest BCUT2D eigenvalue weighted by molar-refractivity contribution is -0.119. The molecule has 0 spiro atoms.